The third kappa shape index (κ3) is 3.01. The lowest BCUT2D eigenvalue weighted by Gasteiger charge is -2.38. The molecule has 1 aromatic rings. The second-order valence-corrected chi connectivity index (χ2v) is 7.16. The summed E-state index contributed by atoms with van der Waals surface area (Å²) in [6.07, 6.45) is 3.31. The van der Waals surface area contributed by atoms with Crippen molar-refractivity contribution in [3.8, 4) is 5.75 Å². The first-order valence-electron chi connectivity index (χ1n) is 6.29. The minimum atomic E-state index is -3.50. The Hall–Kier alpha value is -1.27. The van der Waals surface area contributed by atoms with Crippen molar-refractivity contribution in [1.29, 1.82) is 0 Å². The number of methoxy groups -OCH3 is 1. The molecule has 2 rings (SSSR count). The molecule has 0 amide bonds. The van der Waals surface area contributed by atoms with Crippen molar-refractivity contribution in [3.05, 3.63) is 18.2 Å². The van der Waals surface area contributed by atoms with Gasteiger partial charge in [0.05, 0.1) is 17.7 Å². The molecule has 6 heteroatoms. The molecule has 106 valence electrons. The lowest BCUT2D eigenvalue weighted by atomic mass is 9.71. The van der Waals surface area contributed by atoms with Crippen molar-refractivity contribution in [2.45, 2.75) is 31.1 Å². The van der Waals surface area contributed by atoms with Gasteiger partial charge in [0.15, 0.2) is 0 Å². The molecule has 0 bridgehead atoms. The van der Waals surface area contributed by atoms with Crippen LogP contribution >= 0.6 is 0 Å². The van der Waals surface area contributed by atoms with Gasteiger partial charge >= 0.3 is 0 Å². The van der Waals surface area contributed by atoms with E-state index < -0.39 is 10.0 Å². The Labute approximate surface area is 114 Å². The van der Waals surface area contributed by atoms with Crippen molar-refractivity contribution in [1.82, 2.24) is 4.72 Å². The zero-order valence-electron chi connectivity index (χ0n) is 11.3. The number of rotatable bonds is 5. The molecular formula is C13H20N2O3S. The Morgan fingerprint density at radius 3 is 2.58 bits per heavy atom. The maximum absolute atomic E-state index is 12.2. The van der Waals surface area contributed by atoms with Crippen LogP contribution in [0.4, 0.5) is 5.69 Å². The topological polar surface area (TPSA) is 81.4 Å². The predicted molar refractivity (Wildman–Crippen MR) is 74.6 cm³/mol. The summed E-state index contributed by atoms with van der Waals surface area (Å²) in [6, 6.07) is 4.49. The molecule has 0 radical (unpaired) electrons. The molecule has 5 nitrogen and oxygen atoms in total. The third-order valence-electron chi connectivity index (χ3n) is 3.76. The van der Waals surface area contributed by atoms with Crippen LogP contribution in [0.15, 0.2) is 23.1 Å². The lowest BCUT2D eigenvalue weighted by molar-refractivity contribution is 0.166. The summed E-state index contributed by atoms with van der Waals surface area (Å²) in [5.74, 6) is 0.477. The van der Waals surface area contributed by atoms with E-state index >= 15 is 0 Å². The molecule has 1 saturated carbocycles. The van der Waals surface area contributed by atoms with Crippen LogP contribution in [0.3, 0.4) is 0 Å². The number of anilines is 1. The van der Waals surface area contributed by atoms with Crippen LogP contribution in [-0.4, -0.2) is 22.1 Å². The van der Waals surface area contributed by atoms with Crippen molar-refractivity contribution in [2.24, 2.45) is 5.41 Å². The first kappa shape index (κ1) is 14.1. The standard InChI is InChI=1S/C13H20N2O3S/c1-13(6-3-7-13)9-15-19(16,17)10-4-5-12(18-2)11(14)8-10/h4-5,8,15H,3,6-7,9,14H2,1-2H3. The summed E-state index contributed by atoms with van der Waals surface area (Å²) in [5, 5.41) is 0. The van der Waals surface area contributed by atoms with Crippen LogP contribution in [0, 0.1) is 5.41 Å². The molecule has 0 saturated heterocycles. The average Bonchev–Trinajstić information content (AvgIpc) is 2.34. The van der Waals surface area contributed by atoms with Crippen molar-refractivity contribution < 1.29 is 13.2 Å². The van der Waals surface area contributed by atoms with Gasteiger partial charge in [-0.05, 0) is 36.5 Å². The summed E-state index contributed by atoms with van der Waals surface area (Å²) in [6.45, 7) is 2.57. The molecule has 1 aromatic carbocycles. The van der Waals surface area contributed by atoms with Gasteiger partial charge in [-0.2, -0.15) is 0 Å². The van der Waals surface area contributed by atoms with E-state index in [1.807, 2.05) is 0 Å². The number of sulfonamides is 1. The summed E-state index contributed by atoms with van der Waals surface area (Å²) < 4.78 is 32.0. The Kier molecular flexibility index (Phi) is 3.73. The SMILES string of the molecule is COc1ccc(S(=O)(=O)NCC2(C)CCC2)cc1N. The van der Waals surface area contributed by atoms with Gasteiger partial charge in [-0.25, -0.2) is 13.1 Å². The van der Waals surface area contributed by atoms with Gasteiger partial charge in [-0.1, -0.05) is 13.3 Å². The Morgan fingerprint density at radius 2 is 2.11 bits per heavy atom. The maximum Gasteiger partial charge on any atom is 0.240 e. The fourth-order valence-electron chi connectivity index (χ4n) is 2.19. The van der Waals surface area contributed by atoms with Crippen LogP contribution in [-0.2, 0) is 10.0 Å². The number of nitrogen functional groups attached to an aromatic ring is 1. The van der Waals surface area contributed by atoms with E-state index in [1.165, 1.54) is 25.7 Å². The van der Waals surface area contributed by atoms with Crippen molar-refractivity contribution in [3.63, 3.8) is 0 Å². The Bertz CT molecular complexity index is 565. The molecule has 0 atom stereocenters. The van der Waals surface area contributed by atoms with E-state index in [9.17, 15) is 8.42 Å². The number of hydrogen-bond acceptors (Lipinski definition) is 4. The second kappa shape index (κ2) is 5.02. The molecule has 1 fully saturated rings. The first-order chi connectivity index (χ1) is 8.86. The van der Waals surface area contributed by atoms with E-state index in [4.69, 9.17) is 10.5 Å². The fourth-order valence-corrected chi connectivity index (χ4v) is 3.42. The van der Waals surface area contributed by atoms with Crippen LogP contribution in [0.1, 0.15) is 26.2 Å². The quantitative estimate of drug-likeness (QED) is 0.807. The zero-order valence-corrected chi connectivity index (χ0v) is 12.1. The highest BCUT2D eigenvalue weighted by Crippen LogP contribution is 2.39. The fraction of sp³-hybridized carbons (Fsp3) is 0.538. The molecular weight excluding hydrogens is 264 g/mol. The Morgan fingerprint density at radius 1 is 1.42 bits per heavy atom. The zero-order chi connectivity index (χ0) is 14.1. The highest BCUT2D eigenvalue weighted by Gasteiger charge is 2.33. The summed E-state index contributed by atoms with van der Waals surface area (Å²) in [4.78, 5) is 0.175. The molecule has 19 heavy (non-hydrogen) atoms. The van der Waals surface area contributed by atoms with Gasteiger partial charge in [-0.15, -0.1) is 0 Å². The van der Waals surface area contributed by atoms with E-state index in [0.29, 0.717) is 18.0 Å². The van der Waals surface area contributed by atoms with E-state index in [-0.39, 0.29) is 10.3 Å². The molecule has 0 aliphatic heterocycles. The minimum Gasteiger partial charge on any atom is -0.495 e. The van der Waals surface area contributed by atoms with Crippen LogP contribution < -0.4 is 15.2 Å². The molecule has 3 N–H and O–H groups in total. The van der Waals surface area contributed by atoms with Gasteiger partial charge in [-0.3, -0.25) is 0 Å². The molecule has 1 aliphatic carbocycles. The van der Waals surface area contributed by atoms with Crippen molar-refractivity contribution in [2.75, 3.05) is 19.4 Å². The normalized spacial score (nSPS) is 17.8. The van der Waals surface area contributed by atoms with E-state index in [0.717, 1.165) is 12.8 Å². The van der Waals surface area contributed by atoms with Gasteiger partial charge in [0.25, 0.3) is 0 Å². The lowest BCUT2D eigenvalue weighted by Crippen LogP contribution is -2.39. The van der Waals surface area contributed by atoms with E-state index in [1.54, 1.807) is 6.07 Å². The average molecular weight is 284 g/mol. The highest BCUT2D eigenvalue weighted by atomic mass is 32.2. The summed E-state index contributed by atoms with van der Waals surface area (Å²) in [5.41, 5.74) is 6.15. The number of hydrogen-bond donors (Lipinski definition) is 2. The van der Waals surface area contributed by atoms with Gasteiger partial charge < -0.3 is 10.5 Å². The molecule has 0 heterocycles. The number of nitrogens with two attached hydrogens (primary N) is 1. The van der Waals surface area contributed by atoms with Crippen molar-refractivity contribution >= 4 is 15.7 Å². The Balaban J connectivity index is 2.12. The predicted octanol–water partition coefficient (Wildman–Crippen LogP) is 1.75. The van der Waals surface area contributed by atoms with Gasteiger partial charge in [0.2, 0.25) is 10.0 Å². The second-order valence-electron chi connectivity index (χ2n) is 5.39. The number of benzene rings is 1. The first-order valence-corrected chi connectivity index (χ1v) is 7.78. The van der Waals surface area contributed by atoms with Crippen LogP contribution in [0.5, 0.6) is 5.75 Å². The summed E-state index contributed by atoms with van der Waals surface area (Å²) >= 11 is 0. The van der Waals surface area contributed by atoms with Gasteiger partial charge in [0.1, 0.15) is 5.75 Å². The third-order valence-corrected chi connectivity index (χ3v) is 5.16. The number of ether oxygens (including phenoxy) is 1. The highest BCUT2D eigenvalue weighted by molar-refractivity contribution is 7.89. The molecule has 0 spiro atoms. The molecule has 0 unspecified atom stereocenters. The largest absolute Gasteiger partial charge is 0.495 e. The molecule has 1 aliphatic rings. The van der Waals surface area contributed by atoms with Crippen LogP contribution in [0.25, 0.3) is 0 Å². The van der Waals surface area contributed by atoms with E-state index in [2.05, 4.69) is 11.6 Å². The van der Waals surface area contributed by atoms with Crippen LogP contribution in [0.2, 0.25) is 0 Å². The smallest absolute Gasteiger partial charge is 0.240 e. The maximum atomic E-state index is 12.2. The summed E-state index contributed by atoms with van der Waals surface area (Å²) in [7, 11) is -2.01. The van der Waals surface area contributed by atoms with Gasteiger partial charge in [0, 0.05) is 6.54 Å². The molecule has 0 aromatic heterocycles. The number of nitrogens with one attached hydrogen (secondary N) is 1. The monoisotopic (exact) mass is 284 g/mol. The minimum absolute atomic E-state index is 0.102.